The van der Waals surface area contributed by atoms with Gasteiger partial charge in [0.1, 0.15) is 0 Å². The average molecular weight is 645 g/mol. The highest BCUT2D eigenvalue weighted by Gasteiger charge is 2.10. The second-order valence-electron chi connectivity index (χ2n) is 18.0. The van der Waals surface area contributed by atoms with Crippen LogP contribution in [0.2, 0.25) is 0 Å². The van der Waals surface area contributed by atoms with Gasteiger partial charge in [-0.05, 0) is 82.9 Å². The maximum absolute atomic E-state index is 2.31. The van der Waals surface area contributed by atoms with E-state index in [-0.39, 0.29) is 0 Å². The summed E-state index contributed by atoms with van der Waals surface area (Å²) >= 11 is 0. The van der Waals surface area contributed by atoms with Gasteiger partial charge in [0.15, 0.2) is 0 Å². The first-order valence-corrected chi connectivity index (χ1v) is 20.1. The molecule has 0 heteroatoms. The van der Waals surface area contributed by atoms with Crippen molar-refractivity contribution in [3.63, 3.8) is 0 Å². The molecule has 0 aliphatic rings. The molecular formula is C45H104. The van der Waals surface area contributed by atoms with Crippen LogP contribution in [0.15, 0.2) is 0 Å². The number of hydrogen-bond donors (Lipinski definition) is 0. The summed E-state index contributed by atoms with van der Waals surface area (Å²) in [6.07, 6.45) is 3.95. The zero-order valence-electron chi connectivity index (χ0n) is 38.2. The Morgan fingerprint density at radius 3 is 0.333 bits per heavy atom. The Morgan fingerprint density at radius 1 is 0.222 bits per heavy atom. The first-order chi connectivity index (χ1) is 20.1. The summed E-state index contributed by atoms with van der Waals surface area (Å²) in [5.41, 5.74) is 0. The minimum Gasteiger partial charge on any atom is -0.0651 e. The van der Waals surface area contributed by atoms with Crippen molar-refractivity contribution in [3.05, 3.63) is 0 Å². The van der Waals surface area contributed by atoms with Crippen molar-refractivity contribution in [1.29, 1.82) is 0 Å². The van der Waals surface area contributed by atoms with Gasteiger partial charge in [-0.25, -0.2) is 0 Å². The summed E-state index contributed by atoms with van der Waals surface area (Å²) in [5.74, 6) is 12.1. The maximum Gasteiger partial charge on any atom is -0.0396 e. The van der Waals surface area contributed by atoms with E-state index < -0.39 is 0 Å². The normalized spacial score (nSPS) is 12.9. The quantitative estimate of drug-likeness (QED) is 0.222. The Balaban J connectivity index is -0.0000000759. The molecule has 284 valence electrons. The van der Waals surface area contributed by atoms with Crippen molar-refractivity contribution in [2.24, 2.45) is 82.9 Å². The zero-order valence-corrected chi connectivity index (χ0v) is 38.2. The predicted octanol–water partition coefficient (Wildman–Crippen LogP) is 17.3. The first kappa shape index (κ1) is 60.3. The summed E-state index contributed by atoms with van der Waals surface area (Å²) in [5, 5.41) is 0. The second kappa shape index (κ2) is 40.2. The van der Waals surface area contributed by atoms with Crippen LogP contribution in [-0.4, -0.2) is 0 Å². The van der Waals surface area contributed by atoms with E-state index in [0.717, 1.165) is 82.9 Å². The van der Waals surface area contributed by atoms with Gasteiger partial charge in [0.2, 0.25) is 0 Å². The molecule has 0 nitrogen and oxygen atoms in total. The highest BCUT2D eigenvalue weighted by atomic mass is 14.2. The second-order valence-corrected chi connectivity index (χ2v) is 18.0. The lowest BCUT2D eigenvalue weighted by Crippen LogP contribution is -2.10. The van der Waals surface area contributed by atoms with Crippen LogP contribution in [0.5, 0.6) is 0 Å². The molecule has 0 saturated heterocycles. The molecule has 0 aliphatic heterocycles. The summed E-state index contributed by atoms with van der Waals surface area (Å²) in [4.78, 5) is 0. The summed E-state index contributed by atoms with van der Waals surface area (Å²) in [7, 11) is 0. The molecule has 0 aliphatic carbocycles. The fraction of sp³-hybridized carbons (Fsp3) is 1.00. The molecular weight excluding hydrogens is 540 g/mol. The zero-order chi connectivity index (χ0) is 38.2. The van der Waals surface area contributed by atoms with Crippen LogP contribution in [0.4, 0.5) is 0 Å². The lowest BCUT2D eigenvalue weighted by Gasteiger charge is -2.18. The van der Waals surface area contributed by atoms with Crippen molar-refractivity contribution >= 4 is 0 Å². The lowest BCUT2D eigenvalue weighted by atomic mass is 9.88. The Bertz CT molecular complexity index is 397. The summed E-state index contributed by atoms with van der Waals surface area (Å²) in [6, 6.07) is 0. The third kappa shape index (κ3) is 67.1. The molecule has 0 aromatic rings. The average Bonchev–Trinajstić information content (AvgIpc) is 2.90. The van der Waals surface area contributed by atoms with E-state index in [1.807, 2.05) is 0 Å². The van der Waals surface area contributed by atoms with Gasteiger partial charge in [-0.15, -0.1) is 0 Å². The van der Waals surface area contributed by atoms with Gasteiger partial charge < -0.3 is 0 Å². The fourth-order valence-corrected chi connectivity index (χ4v) is 2.95. The van der Waals surface area contributed by atoms with Gasteiger partial charge in [0.25, 0.3) is 0 Å². The van der Waals surface area contributed by atoms with Crippen molar-refractivity contribution in [2.75, 3.05) is 0 Å². The molecule has 45 heavy (non-hydrogen) atoms. The summed E-state index contributed by atoms with van der Waals surface area (Å²) in [6.45, 7) is 63.1. The molecule has 0 amide bonds. The van der Waals surface area contributed by atoms with Gasteiger partial charge in [0.05, 0.1) is 0 Å². The van der Waals surface area contributed by atoms with E-state index in [1.165, 1.54) is 19.3 Å². The Labute approximate surface area is 295 Å². The van der Waals surface area contributed by atoms with Crippen molar-refractivity contribution < 1.29 is 0 Å². The van der Waals surface area contributed by atoms with E-state index in [1.54, 1.807) is 0 Å². The van der Waals surface area contributed by atoms with Crippen LogP contribution in [0.1, 0.15) is 213 Å². The molecule has 0 spiro atoms. The predicted molar refractivity (Wildman–Crippen MR) is 222 cm³/mol. The Hall–Kier alpha value is 0. The standard InChI is InChI=1S/2C8H18.3C7H16.2C4H10/c2*1-6(2)8(5)7(3)4;3*1-5-7(4)6(2)3;2*1-4(2)3/h2*6-8H,1-5H3;3*6-7H,5H2,1-4H3;2*4H,1-3H3. The molecule has 3 atom stereocenters. The van der Waals surface area contributed by atoms with E-state index in [0.29, 0.717) is 0 Å². The smallest absolute Gasteiger partial charge is 0.0396 e. The van der Waals surface area contributed by atoms with E-state index in [4.69, 9.17) is 0 Å². The topological polar surface area (TPSA) is 0 Å². The monoisotopic (exact) mass is 645 g/mol. The van der Waals surface area contributed by atoms with E-state index in [2.05, 4.69) is 194 Å². The molecule has 3 unspecified atom stereocenters. The molecule has 0 saturated carbocycles. The van der Waals surface area contributed by atoms with E-state index in [9.17, 15) is 0 Å². The first-order valence-electron chi connectivity index (χ1n) is 20.1. The van der Waals surface area contributed by atoms with Crippen molar-refractivity contribution in [2.45, 2.75) is 213 Å². The van der Waals surface area contributed by atoms with Crippen LogP contribution in [0, 0.1) is 82.9 Å². The van der Waals surface area contributed by atoms with E-state index >= 15 is 0 Å². The lowest BCUT2D eigenvalue weighted by molar-refractivity contribution is 0.316. The molecule has 0 fully saturated rings. The van der Waals surface area contributed by atoms with Crippen molar-refractivity contribution in [1.82, 2.24) is 0 Å². The highest BCUT2D eigenvalue weighted by Crippen LogP contribution is 2.19. The third-order valence-corrected chi connectivity index (χ3v) is 9.55. The van der Waals surface area contributed by atoms with Gasteiger partial charge >= 0.3 is 0 Å². The van der Waals surface area contributed by atoms with Crippen LogP contribution in [0.25, 0.3) is 0 Å². The van der Waals surface area contributed by atoms with Gasteiger partial charge in [0, 0.05) is 0 Å². The van der Waals surface area contributed by atoms with Crippen LogP contribution < -0.4 is 0 Å². The minimum absolute atomic E-state index is 0.833. The Morgan fingerprint density at radius 2 is 0.333 bits per heavy atom. The number of hydrogen-bond acceptors (Lipinski definition) is 0. The largest absolute Gasteiger partial charge is 0.0651 e. The molecule has 0 rings (SSSR count). The molecule has 0 bridgehead atoms. The SMILES string of the molecule is CC(C)C.CC(C)C.CC(C)C(C)C(C)C.CC(C)C(C)C(C)C.CCC(C)C(C)C.CCC(C)C(C)C.CCC(C)C(C)C. The molecule has 0 aromatic carbocycles. The molecule has 0 heterocycles. The van der Waals surface area contributed by atoms with Gasteiger partial charge in [-0.1, -0.05) is 213 Å². The fourth-order valence-electron chi connectivity index (χ4n) is 2.95. The minimum atomic E-state index is 0.833. The van der Waals surface area contributed by atoms with Gasteiger partial charge in [-0.2, -0.15) is 0 Å². The van der Waals surface area contributed by atoms with Crippen molar-refractivity contribution in [3.8, 4) is 0 Å². The maximum atomic E-state index is 2.31. The molecule has 0 radical (unpaired) electrons. The Kier molecular flexibility index (Phi) is 53.9. The van der Waals surface area contributed by atoms with Crippen LogP contribution in [0.3, 0.4) is 0 Å². The molecule has 0 aromatic heterocycles. The highest BCUT2D eigenvalue weighted by molar-refractivity contribution is 4.60. The number of rotatable bonds is 10. The van der Waals surface area contributed by atoms with Crippen LogP contribution >= 0.6 is 0 Å². The summed E-state index contributed by atoms with van der Waals surface area (Å²) < 4.78 is 0. The molecule has 0 N–H and O–H groups in total. The van der Waals surface area contributed by atoms with Crippen LogP contribution in [-0.2, 0) is 0 Å². The third-order valence-electron chi connectivity index (χ3n) is 9.55. The van der Waals surface area contributed by atoms with Gasteiger partial charge in [-0.3, -0.25) is 0 Å².